The van der Waals surface area contributed by atoms with Gasteiger partial charge in [-0.15, -0.1) is 0 Å². The van der Waals surface area contributed by atoms with E-state index in [1.54, 1.807) is 19.4 Å². The first kappa shape index (κ1) is 18.3. The van der Waals surface area contributed by atoms with E-state index in [-0.39, 0.29) is 24.2 Å². The average molecular weight is 349 g/mol. The second-order valence-electron chi connectivity index (χ2n) is 6.79. The molecular weight excluding hydrogens is 322 g/mol. The number of β-amino-alcohol motifs (C(OH)–C–C–N with tert-alkyl or cyclic N) is 1. The van der Waals surface area contributed by atoms with Gasteiger partial charge in [-0.05, 0) is 30.5 Å². The Bertz CT molecular complexity index is 557. The summed E-state index contributed by atoms with van der Waals surface area (Å²) in [4.78, 5) is 18.0. The first-order valence-corrected chi connectivity index (χ1v) is 8.90. The SMILES string of the molecule is CNC(=O)C[C@@H]1CC[C@H]2[C@@H](COC[C@@H](O)CN2Cc2ccncc2)O1. The quantitative estimate of drug-likeness (QED) is 0.815. The Kier molecular flexibility index (Phi) is 6.36. The second-order valence-corrected chi connectivity index (χ2v) is 6.79. The van der Waals surface area contributed by atoms with Gasteiger partial charge in [-0.3, -0.25) is 14.7 Å². The predicted molar refractivity (Wildman–Crippen MR) is 91.8 cm³/mol. The van der Waals surface area contributed by atoms with Gasteiger partial charge in [-0.25, -0.2) is 0 Å². The summed E-state index contributed by atoms with van der Waals surface area (Å²) in [5, 5.41) is 12.8. The van der Waals surface area contributed by atoms with E-state index >= 15 is 0 Å². The van der Waals surface area contributed by atoms with Crippen LogP contribution in [0.5, 0.6) is 0 Å². The molecule has 2 saturated heterocycles. The van der Waals surface area contributed by atoms with E-state index in [1.165, 1.54) is 0 Å². The maximum Gasteiger partial charge on any atom is 0.222 e. The topological polar surface area (TPSA) is 83.9 Å². The molecule has 2 aliphatic rings. The molecule has 0 unspecified atom stereocenters. The zero-order chi connectivity index (χ0) is 17.6. The van der Waals surface area contributed by atoms with Crippen LogP contribution in [-0.4, -0.2) is 72.1 Å². The molecule has 0 radical (unpaired) electrons. The second kappa shape index (κ2) is 8.71. The van der Waals surface area contributed by atoms with Crippen LogP contribution in [0.1, 0.15) is 24.8 Å². The number of hydrogen-bond acceptors (Lipinski definition) is 6. The molecule has 1 aromatic rings. The number of aliphatic hydroxyl groups excluding tert-OH is 1. The van der Waals surface area contributed by atoms with Crippen LogP contribution in [0.15, 0.2) is 24.5 Å². The first-order chi connectivity index (χ1) is 12.2. The number of aromatic nitrogens is 1. The summed E-state index contributed by atoms with van der Waals surface area (Å²) in [6.07, 6.45) is 5.04. The molecule has 138 valence electrons. The number of fused-ring (bicyclic) bond motifs is 1. The molecule has 7 nitrogen and oxygen atoms in total. The normalized spacial score (nSPS) is 30.8. The highest BCUT2D eigenvalue weighted by atomic mass is 16.5. The average Bonchev–Trinajstić information content (AvgIpc) is 2.61. The minimum absolute atomic E-state index is 0.000670. The molecule has 0 aromatic carbocycles. The van der Waals surface area contributed by atoms with Crippen molar-refractivity contribution in [2.45, 2.75) is 50.2 Å². The molecule has 2 fully saturated rings. The van der Waals surface area contributed by atoms with Crippen molar-refractivity contribution in [2.75, 3.05) is 26.8 Å². The third-order valence-corrected chi connectivity index (χ3v) is 4.91. The monoisotopic (exact) mass is 349 g/mol. The van der Waals surface area contributed by atoms with Crippen LogP contribution < -0.4 is 5.32 Å². The first-order valence-electron chi connectivity index (χ1n) is 8.90. The van der Waals surface area contributed by atoms with E-state index in [0.29, 0.717) is 26.2 Å². The molecule has 7 heteroatoms. The highest BCUT2D eigenvalue weighted by molar-refractivity contribution is 5.76. The number of carbonyl (C=O) groups excluding carboxylic acids is 1. The number of ether oxygens (including phenoxy) is 2. The van der Waals surface area contributed by atoms with Crippen molar-refractivity contribution in [3.05, 3.63) is 30.1 Å². The van der Waals surface area contributed by atoms with E-state index in [4.69, 9.17) is 9.47 Å². The van der Waals surface area contributed by atoms with E-state index in [9.17, 15) is 9.90 Å². The van der Waals surface area contributed by atoms with Gasteiger partial charge >= 0.3 is 0 Å². The van der Waals surface area contributed by atoms with Gasteiger partial charge in [-0.2, -0.15) is 0 Å². The highest BCUT2D eigenvalue weighted by Gasteiger charge is 2.37. The Balaban J connectivity index is 1.69. The molecule has 0 bridgehead atoms. The number of pyridine rings is 1. The van der Waals surface area contributed by atoms with Crippen LogP contribution in [0.2, 0.25) is 0 Å². The summed E-state index contributed by atoms with van der Waals surface area (Å²) >= 11 is 0. The van der Waals surface area contributed by atoms with Gasteiger partial charge in [-0.1, -0.05) is 0 Å². The fraction of sp³-hybridized carbons (Fsp3) is 0.667. The van der Waals surface area contributed by atoms with Crippen molar-refractivity contribution in [3.8, 4) is 0 Å². The van der Waals surface area contributed by atoms with Crippen LogP contribution in [-0.2, 0) is 20.8 Å². The molecular formula is C18H27N3O4. The molecule has 0 spiro atoms. The van der Waals surface area contributed by atoms with Gasteiger partial charge in [0.05, 0.1) is 37.9 Å². The molecule has 25 heavy (non-hydrogen) atoms. The summed E-state index contributed by atoms with van der Waals surface area (Å²) in [5.41, 5.74) is 1.16. The Morgan fingerprint density at radius 1 is 1.36 bits per heavy atom. The van der Waals surface area contributed by atoms with Gasteiger partial charge in [0.2, 0.25) is 5.91 Å². The Labute approximate surface area is 148 Å². The third-order valence-electron chi connectivity index (χ3n) is 4.91. The number of amides is 1. The van der Waals surface area contributed by atoms with Gasteiger partial charge in [0, 0.05) is 38.6 Å². The van der Waals surface area contributed by atoms with Crippen LogP contribution >= 0.6 is 0 Å². The number of aliphatic hydroxyl groups is 1. The van der Waals surface area contributed by atoms with Crippen molar-refractivity contribution in [2.24, 2.45) is 0 Å². The lowest BCUT2D eigenvalue weighted by Gasteiger charge is -2.44. The van der Waals surface area contributed by atoms with Crippen LogP contribution in [0.4, 0.5) is 0 Å². The fourth-order valence-electron chi connectivity index (χ4n) is 3.66. The Morgan fingerprint density at radius 3 is 2.92 bits per heavy atom. The minimum atomic E-state index is -0.508. The number of hydrogen-bond donors (Lipinski definition) is 2. The molecule has 2 aliphatic heterocycles. The molecule has 3 heterocycles. The predicted octanol–water partition coefficient (Wildman–Crippen LogP) is 0.327. The Morgan fingerprint density at radius 2 is 2.16 bits per heavy atom. The lowest BCUT2D eigenvalue weighted by atomic mass is 9.94. The van der Waals surface area contributed by atoms with Crippen LogP contribution in [0.3, 0.4) is 0 Å². The molecule has 2 N–H and O–H groups in total. The van der Waals surface area contributed by atoms with Crippen molar-refractivity contribution in [3.63, 3.8) is 0 Å². The maximum absolute atomic E-state index is 11.6. The van der Waals surface area contributed by atoms with Gasteiger partial charge in [0.15, 0.2) is 0 Å². The van der Waals surface area contributed by atoms with Crippen molar-refractivity contribution in [1.82, 2.24) is 15.2 Å². The number of nitrogens with one attached hydrogen (secondary N) is 1. The van der Waals surface area contributed by atoms with Crippen molar-refractivity contribution < 1.29 is 19.4 Å². The summed E-state index contributed by atoms with van der Waals surface area (Å²) in [6.45, 7) is 2.04. The zero-order valence-electron chi connectivity index (χ0n) is 14.6. The summed E-state index contributed by atoms with van der Waals surface area (Å²) in [7, 11) is 1.64. The zero-order valence-corrected chi connectivity index (χ0v) is 14.6. The number of nitrogens with zero attached hydrogens (tertiary/aromatic N) is 2. The fourth-order valence-corrected chi connectivity index (χ4v) is 3.66. The standard InChI is InChI=1S/C18H27N3O4/c1-19-18(23)8-15-2-3-16-17(25-15)12-24-11-14(22)10-21(16)9-13-4-6-20-7-5-13/h4-7,14-17,22H,2-3,8-12H2,1H3,(H,19,23)/t14-,15-,16-,17+/m0/s1. The molecule has 3 rings (SSSR count). The molecule has 1 aromatic heterocycles. The van der Waals surface area contributed by atoms with Gasteiger partial charge in [0.25, 0.3) is 0 Å². The lowest BCUT2D eigenvalue weighted by Crippen LogP contribution is -2.55. The third kappa shape index (κ3) is 4.98. The largest absolute Gasteiger partial charge is 0.389 e. The Hall–Kier alpha value is -1.54. The van der Waals surface area contributed by atoms with Gasteiger partial charge < -0.3 is 19.9 Å². The molecule has 4 atom stereocenters. The number of carbonyl (C=O) groups is 1. The van der Waals surface area contributed by atoms with E-state index < -0.39 is 6.10 Å². The van der Waals surface area contributed by atoms with E-state index in [1.807, 2.05) is 12.1 Å². The van der Waals surface area contributed by atoms with Gasteiger partial charge in [0.1, 0.15) is 0 Å². The number of rotatable bonds is 4. The summed E-state index contributed by atoms with van der Waals surface area (Å²) < 4.78 is 11.8. The molecule has 0 aliphatic carbocycles. The van der Waals surface area contributed by atoms with Crippen LogP contribution in [0.25, 0.3) is 0 Å². The van der Waals surface area contributed by atoms with Crippen LogP contribution in [0, 0.1) is 0 Å². The maximum atomic E-state index is 11.6. The summed E-state index contributed by atoms with van der Waals surface area (Å²) in [5.74, 6) is -0.000670. The van der Waals surface area contributed by atoms with E-state index in [2.05, 4.69) is 15.2 Å². The molecule has 0 saturated carbocycles. The van der Waals surface area contributed by atoms with Crippen molar-refractivity contribution in [1.29, 1.82) is 0 Å². The van der Waals surface area contributed by atoms with Crippen molar-refractivity contribution >= 4 is 5.91 Å². The minimum Gasteiger partial charge on any atom is -0.389 e. The van der Waals surface area contributed by atoms with E-state index in [0.717, 1.165) is 24.9 Å². The molecule has 1 amide bonds. The lowest BCUT2D eigenvalue weighted by molar-refractivity contribution is -0.158. The smallest absolute Gasteiger partial charge is 0.222 e. The summed E-state index contributed by atoms with van der Waals surface area (Å²) in [6, 6.07) is 4.16. The highest BCUT2D eigenvalue weighted by Crippen LogP contribution is 2.28.